The molecule has 1 amide bonds. The van der Waals surface area contributed by atoms with Crippen LogP contribution >= 0.6 is 11.6 Å². The van der Waals surface area contributed by atoms with Crippen molar-refractivity contribution in [3.63, 3.8) is 0 Å². The number of aromatic nitrogens is 1. The molecule has 1 aromatic heterocycles. The second-order valence-electron chi connectivity index (χ2n) is 3.80. The van der Waals surface area contributed by atoms with Crippen molar-refractivity contribution in [2.75, 3.05) is 6.54 Å². The van der Waals surface area contributed by atoms with E-state index in [1.165, 1.54) is 0 Å². The van der Waals surface area contributed by atoms with Crippen LogP contribution in [0.3, 0.4) is 0 Å². The Kier molecular flexibility index (Phi) is 3.67. The standard InChI is InChI=1S/C13H13ClN2O2/c1-3-15-13(17)11-8(2)18-16-12(11)9-6-4-5-7-10(9)14/h4-7H,3H2,1-2H3,(H,15,17). The van der Waals surface area contributed by atoms with E-state index in [1.54, 1.807) is 13.0 Å². The van der Waals surface area contributed by atoms with E-state index in [0.717, 1.165) is 0 Å². The van der Waals surface area contributed by atoms with Gasteiger partial charge in [0.15, 0.2) is 0 Å². The number of hydrogen-bond donors (Lipinski definition) is 1. The Morgan fingerprint density at radius 3 is 2.83 bits per heavy atom. The predicted octanol–water partition coefficient (Wildman–Crippen LogP) is 3.05. The van der Waals surface area contributed by atoms with Gasteiger partial charge in [0.1, 0.15) is 17.0 Å². The first-order valence-corrected chi connectivity index (χ1v) is 6.02. The van der Waals surface area contributed by atoms with Crippen molar-refractivity contribution >= 4 is 17.5 Å². The van der Waals surface area contributed by atoms with Crippen molar-refractivity contribution in [1.82, 2.24) is 10.5 Å². The summed E-state index contributed by atoms with van der Waals surface area (Å²) in [4.78, 5) is 12.0. The Morgan fingerprint density at radius 1 is 1.44 bits per heavy atom. The van der Waals surface area contributed by atoms with Crippen LogP contribution in [0.15, 0.2) is 28.8 Å². The van der Waals surface area contributed by atoms with Crippen LogP contribution in [-0.2, 0) is 0 Å². The summed E-state index contributed by atoms with van der Waals surface area (Å²) in [5.74, 6) is 0.280. The number of nitrogens with one attached hydrogen (secondary N) is 1. The molecule has 0 aliphatic carbocycles. The summed E-state index contributed by atoms with van der Waals surface area (Å²) in [7, 11) is 0. The molecule has 0 radical (unpaired) electrons. The summed E-state index contributed by atoms with van der Waals surface area (Å²) in [6, 6.07) is 7.22. The Hall–Kier alpha value is -1.81. The van der Waals surface area contributed by atoms with E-state index in [9.17, 15) is 4.79 Å². The van der Waals surface area contributed by atoms with E-state index in [-0.39, 0.29) is 5.91 Å². The molecule has 0 saturated heterocycles. The molecule has 1 N–H and O–H groups in total. The molecule has 0 bridgehead atoms. The molecule has 18 heavy (non-hydrogen) atoms. The number of halogens is 1. The maximum absolute atomic E-state index is 12.0. The molecule has 5 heteroatoms. The number of benzene rings is 1. The molecule has 2 aromatic rings. The minimum Gasteiger partial charge on any atom is -0.360 e. The second-order valence-corrected chi connectivity index (χ2v) is 4.21. The number of carbonyl (C=O) groups excluding carboxylic acids is 1. The molecular weight excluding hydrogens is 252 g/mol. The van der Waals surface area contributed by atoms with E-state index < -0.39 is 0 Å². The van der Waals surface area contributed by atoms with Gasteiger partial charge < -0.3 is 9.84 Å². The molecule has 0 aliphatic rings. The Morgan fingerprint density at radius 2 is 2.17 bits per heavy atom. The summed E-state index contributed by atoms with van der Waals surface area (Å²) in [6.07, 6.45) is 0. The highest BCUT2D eigenvalue weighted by atomic mass is 35.5. The van der Waals surface area contributed by atoms with Crippen LogP contribution in [-0.4, -0.2) is 17.6 Å². The molecule has 0 atom stereocenters. The highest BCUT2D eigenvalue weighted by Gasteiger charge is 2.22. The third-order valence-corrected chi connectivity index (χ3v) is 2.89. The van der Waals surface area contributed by atoms with Crippen molar-refractivity contribution < 1.29 is 9.32 Å². The number of nitrogens with zero attached hydrogens (tertiary/aromatic N) is 1. The van der Waals surface area contributed by atoms with E-state index in [4.69, 9.17) is 16.1 Å². The summed E-state index contributed by atoms with van der Waals surface area (Å²) < 4.78 is 5.10. The van der Waals surface area contributed by atoms with E-state index in [0.29, 0.717) is 34.1 Å². The highest BCUT2D eigenvalue weighted by molar-refractivity contribution is 6.33. The summed E-state index contributed by atoms with van der Waals surface area (Å²) in [5, 5.41) is 7.20. The number of amides is 1. The lowest BCUT2D eigenvalue weighted by Crippen LogP contribution is -2.23. The fourth-order valence-corrected chi connectivity index (χ4v) is 1.95. The third kappa shape index (κ3) is 2.24. The molecule has 2 rings (SSSR count). The van der Waals surface area contributed by atoms with E-state index in [1.807, 2.05) is 25.1 Å². The fourth-order valence-electron chi connectivity index (χ4n) is 1.73. The normalized spacial score (nSPS) is 10.4. The van der Waals surface area contributed by atoms with E-state index >= 15 is 0 Å². The van der Waals surface area contributed by atoms with Crippen molar-refractivity contribution in [3.05, 3.63) is 40.6 Å². The molecule has 4 nitrogen and oxygen atoms in total. The van der Waals surface area contributed by atoms with Gasteiger partial charge in [-0.15, -0.1) is 0 Å². The Bertz CT molecular complexity index is 578. The number of carbonyl (C=O) groups is 1. The minimum absolute atomic E-state index is 0.203. The summed E-state index contributed by atoms with van der Waals surface area (Å²) >= 11 is 6.11. The lowest BCUT2D eigenvalue weighted by atomic mass is 10.1. The smallest absolute Gasteiger partial charge is 0.257 e. The summed E-state index contributed by atoms with van der Waals surface area (Å²) in [5.41, 5.74) is 1.60. The van der Waals surface area contributed by atoms with Gasteiger partial charge >= 0.3 is 0 Å². The van der Waals surface area contributed by atoms with Crippen LogP contribution < -0.4 is 5.32 Å². The van der Waals surface area contributed by atoms with Crippen LogP contribution in [0, 0.1) is 6.92 Å². The number of rotatable bonds is 3. The Balaban J connectivity index is 2.53. The van der Waals surface area contributed by atoms with Crippen LogP contribution in [0.4, 0.5) is 0 Å². The van der Waals surface area contributed by atoms with Gasteiger partial charge in [-0.25, -0.2) is 0 Å². The molecule has 1 aromatic carbocycles. The molecule has 0 saturated carbocycles. The van der Waals surface area contributed by atoms with Gasteiger partial charge in [0.25, 0.3) is 5.91 Å². The average molecular weight is 265 g/mol. The molecule has 94 valence electrons. The van der Waals surface area contributed by atoms with Crippen LogP contribution in [0.2, 0.25) is 5.02 Å². The lowest BCUT2D eigenvalue weighted by Gasteiger charge is -2.04. The zero-order valence-electron chi connectivity index (χ0n) is 10.2. The lowest BCUT2D eigenvalue weighted by molar-refractivity contribution is 0.0955. The third-order valence-electron chi connectivity index (χ3n) is 2.56. The van der Waals surface area contributed by atoms with Crippen molar-refractivity contribution in [2.45, 2.75) is 13.8 Å². The van der Waals surface area contributed by atoms with Crippen molar-refractivity contribution in [1.29, 1.82) is 0 Å². The maximum Gasteiger partial charge on any atom is 0.257 e. The van der Waals surface area contributed by atoms with Gasteiger partial charge in [0.2, 0.25) is 0 Å². The quantitative estimate of drug-likeness (QED) is 0.927. The predicted molar refractivity (Wildman–Crippen MR) is 69.7 cm³/mol. The number of aryl methyl sites for hydroxylation is 1. The molecule has 0 aliphatic heterocycles. The molecule has 0 spiro atoms. The van der Waals surface area contributed by atoms with Gasteiger partial charge in [-0.2, -0.15) is 0 Å². The van der Waals surface area contributed by atoms with E-state index in [2.05, 4.69) is 10.5 Å². The molecule has 0 fully saturated rings. The minimum atomic E-state index is -0.203. The van der Waals surface area contributed by atoms with Crippen LogP contribution in [0.1, 0.15) is 23.0 Å². The molecule has 1 heterocycles. The first kappa shape index (κ1) is 12.6. The zero-order valence-corrected chi connectivity index (χ0v) is 10.9. The van der Waals surface area contributed by atoms with Gasteiger partial charge in [-0.1, -0.05) is 35.0 Å². The second kappa shape index (κ2) is 5.23. The highest BCUT2D eigenvalue weighted by Crippen LogP contribution is 2.30. The maximum atomic E-state index is 12.0. The fraction of sp³-hybridized carbons (Fsp3) is 0.231. The first-order chi connectivity index (χ1) is 8.65. The van der Waals surface area contributed by atoms with Crippen molar-refractivity contribution in [2.24, 2.45) is 0 Å². The van der Waals surface area contributed by atoms with Gasteiger partial charge in [-0.3, -0.25) is 4.79 Å². The Labute approximate surface area is 110 Å². The largest absolute Gasteiger partial charge is 0.360 e. The monoisotopic (exact) mass is 264 g/mol. The van der Waals surface area contributed by atoms with Crippen molar-refractivity contribution in [3.8, 4) is 11.3 Å². The topological polar surface area (TPSA) is 55.1 Å². The molecule has 0 unspecified atom stereocenters. The number of hydrogen-bond acceptors (Lipinski definition) is 3. The van der Waals surface area contributed by atoms with Gasteiger partial charge in [-0.05, 0) is 19.9 Å². The SMILES string of the molecule is CCNC(=O)c1c(-c2ccccc2Cl)noc1C. The van der Waals surface area contributed by atoms with Crippen LogP contribution in [0.5, 0.6) is 0 Å². The summed E-state index contributed by atoms with van der Waals surface area (Å²) in [6.45, 7) is 4.11. The first-order valence-electron chi connectivity index (χ1n) is 5.64. The average Bonchev–Trinajstić information content (AvgIpc) is 2.72. The van der Waals surface area contributed by atoms with Gasteiger partial charge in [0.05, 0.1) is 5.02 Å². The molecular formula is C13H13ClN2O2. The zero-order chi connectivity index (χ0) is 13.1. The van der Waals surface area contributed by atoms with Crippen LogP contribution in [0.25, 0.3) is 11.3 Å². The van der Waals surface area contributed by atoms with Gasteiger partial charge in [0, 0.05) is 12.1 Å².